The second kappa shape index (κ2) is 5.47. The van der Waals surface area contributed by atoms with Gasteiger partial charge in [-0.05, 0) is 25.5 Å². The van der Waals surface area contributed by atoms with Gasteiger partial charge < -0.3 is 10.6 Å². The van der Waals surface area contributed by atoms with Gasteiger partial charge in [-0.2, -0.15) is 5.26 Å². The molecule has 1 aromatic heterocycles. The Morgan fingerprint density at radius 3 is 2.62 bits per heavy atom. The maximum Gasteiger partial charge on any atom is 0.128 e. The third-order valence-corrected chi connectivity index (χ3v) is 2.46. The molecule has 0 saturated carbocycles. The van der Waals surface area contributed by atoms with Gasteiger partial charge in [0.2, 0.25) is 0 Å². The minimum atomic E-state index is -0.0000846. The molecule has 2 N–H and O–H groups in total. The summed E-state index contributed by atoms with van der Waals surface area (Å²) in [6, 6.07) is 6.12. The van der Waals surface area contributed by atoms with Crippen molar-refractivity contribution in [2.45, 2.75) is 19.9 Å². The highest BCUT2D eigenvalue weighted by molar-refractivity contribution is 5.39. The SMILES string of the molecule is CC(C#N)CN(C)c1ccc(C(C)N)cn1. The van der Waals surface area contributed by atoms with Gasteiger partial charge in [-0.1, -0.05) is 6.07 Å². The second-order valence-electron chi connectivity index (χ2n) is 4.15. The monoisotopic (exact) mass is 218 g/mol. The summed E-state index contributed by atoms with van der Waals surface area (Å²) < 4.78 is 0. The van der Waals surface area contributed by atoms with E-state index in [9.17, 15) is 0 Å². The molecule has 86 valence electrons. The van der Waals surface area contributed by atoms with Gasteiger partial charge in [-0.25, -0.2) is 4.98 Å². The van der Waals surface area contributed by atoms with Crippen LogP contribution in [0.15, 0.2) is 18.3 Å². The van der Waals surface area contributed by atoms with Crippen molar-refractivity contribution in [2.75, 3.05) is 18.5 Å². The van der Waals surface area contributed by atoms with E-state index in [1.54, 1.807) is 6.20 Å². The molecule has 1 aromatic rings. The van der Waals surface area contributed by atoms with Crippen molar-refractivity contribution >= 4 is 5.82 Å². The van der Waals surface area contributed by atoms with Gasteiger partial charge in [0.05, 0.1) is 12.0 Å². The van der Waals surface area contributed by atoms with E-state index in [1.807, 2.05) is 37.9 Å². The number of pyridine rings is 1. The van der Waals surface area contributed by atoms with Gasteiger partial charge in [0.15, 0.2) is 0 Å². The lowest BCUT2D eigenvalue weighted by Crippen LogP contribution is -2.24. The van der Waals surface area contributed by atoms with Crippen LogP contribution in [-0.2, 0) is 0 Å². The van der Waals surface area contributed by atoms with E-state index in [4.69, 9.17) is 11.0 Å². The van der Waals surface area contributed by atoms with Crippen LogP contribution in [0.1, 0.15) is 25.5 Å². The predicted octanol–water partition coefficient (Wildman–Crippen LogP) is 1.70. The minimum Gasteiger partial charge on any atom is -0.358 e. The van der Waals surface area contributed by atoms with Gasteiger partial charge in [-0.15, -0.1) is 0 Å². The van der Waals surface area contributed by atoms with Gasteiger partial charge >= 0.3 is 0 Å². The molecule has 0 aliphatic rings. The summed E-state index contributed by atoms with van der Waals surface area (Å²) in [7, 11) is 1.93. The van der Waals surface area contributed by atoms with E-state index < -0.39 is 0 Å². The lowest BCUT2D eigenvalue weighted by atomic mass is 10.1. The molecule has 4 heteroatoms. The Labute approximate surface area is 96.7 Å². The third-order valence-electron chi connectivity index (χ3n) is 2.46. The van der Waals surface area contributed by atoms with Crippen molar-refractivity contribution in [2.24, 2.45) is 11.7 Å². The van der Waals surface area contributed by atoms with Crippen molar-refractivity contribution in [1.82, 2.24) is 4.98 Å². The molecule has 0 saturated heterocycles. The largest absolute Gasteiger partial charge is 0.358 e. The molecule has 0 radical (unpaired) electrons. The Hall–Kier alpha value is -1.60. The van der Waals surface area contributed by atoms with Gasteiger partial charge in [-0.3, -0.25) is 0 Å². The Bertz CT molecular complexity index is 364. The van der Waals surface area contributed by atoms with Gasteiger partial charge in [0.1, 0.15) is 5.82 Å². The van der Waals surface area contributed by atoms with E-state index in [0.29, 0.717) is 6.54 Å². The molecule has 0 spiro atoms. The first-order valence-electron chi connectivity index (χ1n) is 5.37. The summed E-state index contributed by atoms with van der Waals surface area (Å²) in [5.74, 6) is 0.867. The lowest BCUT2D eigenvalue weighted by Gasteiger charge is -2.19. The summed E-state index contributed by atoms with van der Waals surface area (Å²) in [6.07, 6.45) is 1.79. The first kappa shape index (κ1) is 12.5. The van der Waals surface area contributed by atoms with Crippen LogP contribution in [0.5, 0.6) is 0 Å². The highest BCUT2D eigenvalue weighted by Crippen LogP contribution is 2.14. The average Bonchev–Trinajstić information content (AvgIpc) is 2.28. The molecule has 4 nitrogen and oxygen atoms in total. The van der Waals surface area contributed by atoms with Crippen molar-refractivity contribution in [3.8, 4) is 6.07 Å². The van der Waals surface area contributed by atoms with E-state index in [2.05, 4.69) is 11.1 Å². The predicted molar refractivity (Wildman–Crippen MR) is 64.9 cm³/mol. The van der Waals surface area contributed by atoms with Gasteiger partial charge in [0.25, 0.3) is 0 Å². The van der Waals surface area contributed by atoms with Crippen LogP contribution in [0.25, 0.3) is 0 Å². The van der Waals surface area contributed by atoms with Crippen LogP contribution in [0.3, 0.4) is 0 Å². The summed E-state index contributed by atoms with van der Waals surface area (Å²) in [4.78, 5) is 6.29. The molecule has 2 atom stereocenters. The Morgan fingerprint density at radius 2 is 2.19 bits per heavy atom. The van der Waals surface area contributed by atoms with E-state index in [1.165, 1.54) is 0 Å². The number of aromatic nitrogens is 1. The maximum atomic E-state index is 8.73. The Morgan fingerprint density at radius 1 is 1.50 bits per heavy atom. The Kier molecular flexibility index (Phi) is 4.27. The first-order valence-corrected chi connectivity index (χ1v) is 5.37. The maximum absolute atomic E-state index is 8.73. The molecule has 0 fully saturated rings. The fourth-order valence-electron chi connectivity index (χ4n) is 1.44. The number of hydrogen-bond acceptors (Lipinski definition) is 4. The fourth-order valence-corrected chi connectivity index (χ4v) is 1.44. The normalized spacial score (nSPS) is 13.9. The number of anilines is 1. The van der Waals surface area contributed by atoms with E-state index in [-0.39, 0.29) is 12.0 Å². The standard InChI is InChI=1S/C12H18N4/c1-9(6-13)8-16(3)12-5-4-11(7-15-12)10(2)14/h4-5,7,9-10H,8,14H2,1-3H3. The molecule has 0 bridgehead atoms. The molecule has 1 rings (SSSR count). The van der Waals surface area contributed by atoms with Crippen molar-refractivity contribution in [1.29, 1.82) is 5.26 Å². The number of nitrogens with two attached hydrogens (primary N) is 1. The Balaban J connectivity index is 2.71. The number of rotatable bonds is 4. The summed E-state index contributed by atoms with van der Waals surface area (Å²) in [6.45, 7) is 4.51. The smallest absolute Gasteiger partial charge is 0.128 e. The van der Waals surface area contributed by atoms with Crippen LogP contribution >= 0.6 is 0 Å². The highest BCUT2D eigenvalue weighted by Gasteiger charge is 2.07. The zero-order chi connectivity index (χ0) is 12.1. The molecule has 2 unspecified atom stereocenters. The van der Waals surface area contributed by atoms with Gasteiger partial charge in [0, 0.05) is 25.8 Å². The summed E-state index contributed by atoms with van der Waals surface area (Å²) in [5.41, 5.74) is 6.76. The third kappa shape index (κ3) is 3.21. The first-order chi connectivity index (χ1) is 7.54. The quantitative estimate of drug-likeness (QED) is 0.835. The molecular formula is C12H18N4. The average molecular weight is 218 g/mol. The van der Waals surface area contributed by atoms with Crippen LogP contribution in [0, 0.1) is 17.2 Å². The molecule has 0 aromatic carbocycles. The lowest BCUT2D eigenvalue weighted by molar-refractivity contribution is 0.709. The van der Waals surface area contributed by atoms with Crippen LogP contribution in [-0.4, -0.2) is 18.6 Å². The van der Waals surface area contributed by atoms with Crippen molar-refractivity contribution in [3.63, 3.8) is 0 Å². The summed E-state index contributed by atoms with van der Waals surface area (Å²) in [5, 5.41) is 8.73. The molecule has 1 heterocycles. The fraction of sp³-hybridized carbons (Fsp3) is 0.500. The summed E-state index contributed by atoms with van der Waals surface area (Å²) >= 11 is 0. The zero-order valence-corrected chi connectivity index (χ0v) is 10.0. The van der Waals surface area contributed by atoms with Crippen LogP contribution in [0.2, 0.25) is 0 Å². The second-order valence-corrected chi connectivity index (χ2v) is 4.15. The number of nitrogens with zero attached hydrogens (tertiary/aromatic N) is 3. The van der Waals surface area contributed by atoms with E-state index >= 15 is 0 Å². The van der Waals surface area contributed by atoms with Crippen molar-refractivity contribution in [3.05, 3.63) is 23.9 Å². The minimum absolute atomic E-state index is 0.0000846. The van der Waals surface area contributed by atoms with Crippen molar-refractivity contribution < 1.29 is 0 Å². The number of hydrogen-bond donors (Lipinski definition) is 1. The van der Waals surface area contributed by atoms with Crippen LogP contribution in [0.4, 0.5) is 5.82 Å². The van der Waals surface area contributed by atoms with Crippen LogP contribution < -0.4 is 10.6 Å². The zero-order valence-electron chi connectivity index (χ0n) is 10.0. The van der Waals surface area contributed by atoms with E-state index in [0.717, 1.165) is 11.4 Å². The molecule has 16 heavy (non-hydrogen) atoms. The topological polar surface area (TPSA) is 65.9 Å². The molecule has 0 amide bonds. The molecular weight excluding hydrogens is 200 g/mol. The molecule has 0 aliphatic carbocycles. The number of nitriles is 1. The highest BCUT2D eigenvalue weighted by atomic mass is 15.2. The molecule has 0 aliphatic heterocycles.